The SMILES string of the molecule is CC(SCC(=O)Nc1ccc(NC(=O)c2cccs2)cc1)c1ccccc1F. The van der Waals surface area contributed by atoms with Gasteiger partial charge in [-0.05, 0) is 48.7 Å². The van der Waals surface area contributed by atoms with E-state index in [0.717, 1.165) is 0 Å². The molecule has 0 aliphatic carbocycles. The number of hydrogen-bond acceptors (Lipinski definition) is 4. The number of thioether (sulfide) groups is 1. The van der Waals surface area contributed by atoms with Gasteiger partial charge in [0.05, 0.1) is 10.6 Å². The molecule has 1 unspecified atom stereocenters. The summed E-state index contributed by atoms with van der Waals surface area (Å²) in [7, 11) is 0. The Morgan fingerprint density at radius 3 is 2.32 bits per heavy atom. The van der Waals surface area contributed by atoms with E-state index in [-0.39, 0.29) is 28.6 Å². The van der Waals surface area contributed by atoms with Gasteiger partial charge in [-0.25, -0.2) is 4.39 Å². The normalized spacial score (nSPS) is 11.6. The van der Waals surface area contributed by atoms with Gasteiger partial charge in [0.1, 0.15) is 5.82 Å². The molecule has 1 aromatic heterocycles. The quantitative estimate of drug-likeness (QED) is 0.531. The largest absolute Gasteiger partial charge is 0.325 e. The summed E-state index contributed by atoms with van der Waals surface area (Å²) in [4.78, 5) is 24.8. The highest BCUT2D eigenvalue weighted by Gasteiger charge is 2.13. The Balaban J connectivity index is 1.49. The molecule has 2 amide bonds. The summed E-state index contributed by atoms with van der Waals surface area (Å²) in [6.45, 7) is 1.88. The van der Waals surface area contributed by atoms with Gasteiger partial charge >= 0.3 is 0 Å². The molecule has 0 saturated carbocycles. The number of rotatable bonds is 7. The summed E-state index contributed by atoms with van der Waals surface area (Å²) >= 11 is 2.75. The van der Waals surface area contributed by atoms with Gasteiger partial charge in [-0.2, -0.15) is 0 Å². The highest BCUT2D eigenvalue weighted by molar-refractivity contribution is 8.00. The molecule has 1 atom stereocenters. The Morgan fingerprint density at radius 2 is 1.68 bits per heavy atom. The molecule has 0 saturated heterocycles. The van der Waals surface area contributed by atoms with Crippen molar-refractivity contribution in [3.8, 4) is 0 Å². The van der Waals surface area contributed by atoms with Crippen molar-refractivity contribution in [1.29, 1.82) is 0 Å². The van der Waals surface area contributed by atoms with Crippen LogP contribution >= 0.6 is 23.1 Å². The highest BCUT2D eigenvalue weighted by Crippen LogP contribution is 2.29. The lowest BCUT2D eigenvalue weighted by atomic mass is 10.1. The molecule has 1 heterocycles. The van der Waals surface area contributed by atoms with Gasteiger partial charge < -0.3 is 10.6 Å². The Hall–Kier alpha value is -2.64. The van der Waals surface area contributed by atoms with Crippen molar-refractivity contribution in [3.05, 3.63) is 82.3 Å². The summed E-state index contributed by atoms with van der Waals surface area (Å²) in [5, 5.41) is 7.34. The van der Waals surface area contributed by atoms with Crippen molar-refractivity contribution in [3.63, 3.8) is 0 Å². The van der Waals surface area contributed by atoms with Crippen LogP contribution in [0, 0.1) is 5.82 Å². The summed E-state index contributed by atoms with van der Waals surface area (Å²) < 4.78 is 13.8. The number of amides is 2. The molecular formula is C21H19FN2O2S2. The molecule has 28 heavy (non-hydrogen) atoms. The zero-order chi connectivity index (χ0) is 19.9. The molecule has 0 radical (unpaired) electrons. The van der Waals surface area contributed by atoms with Crippen LogP contribution in [0.25, 0.3) is 0 Å². The maximum atomic E-state index is 13.8. The minimum Gasteiger partial charge on any atom is -0.325 e. The van der Waals surface area contributed by atoms with Gasteiger partial charge in [0.25, 0.3) is 5.91 Å². The monoisotopic (exact) mass is 414 g/mol. The molecular weight excluding hydrogens is 395 g/mol. The minimum atomic E-state index is -0.261. The molecule has 2 aromatic carbocycles. The van der Waals surface area contributed by atoms with Crippen LogP contribution in [0.2, 0.25) is 0 Å². The standard InChI is InChI=1S/C21H19FN2O2S2/c1-14(17-5-2-3-6-18(17)22)28-13-20(25)23-15-8-10-16(11-9-15)24-21(26)19-7-4-12-27-19/h2-12,14H,13H2,1H3,(H,23,25)(H,24,26). The first-order valence-electron chi connectivity index (χ1n) is 8.64. The zero-order valence-corrected chi connectivity index (χ0v) is 16.8. The topological polar surface area (TPSA) is 58.2 Å². The molecule has 2 N–H and O–H groups in total. The molecule has 3 rings (SSSR count). The first kappa shape index (κ1) is 20.1. The molecule has 0 spiro atoms. The molecule has 4 nitrogen and oxygen atoms in total. The van der Waals surface area contributed by atoms with Crippen molar-refractivity contribution < 1.29 is 14.0 Å². The smallest absolute Gasteiger partial charge is 0.265 e. The molecule has 144 valence electrons. The van der Waals surface area contributed by atoms with Crippen molar-refractivity contribution in [2.75, 3.05) is 16.4 Å². The van der Waals surface area contributed by atoms with Gasteiger partial charge in [-0.1, -0.05) is 24.3 Å². The number of anilines is 2. The van der Waals surface area contributed by atoms with Gasteiger partial charge in [-0.3, -0.25) is 9.59 Å². The number of thiophene rings is 1. The Morgan fingerprint density at radius 1 is 1.00 bits per heavy atom. The van der Waals surface area contributed by atoms with E-state index in [9.17, 15) is 14.0 Å². The zero-order valence-electron chi connectivity index (χ0n) is 15.1. The second-order valence-electron chi connectivity index (χ2n) is 6.03. The first-order valence-corrected chi connectivity index (χ1v) is 10.6. The second kappa shape index (κ2) is 9.52. The molecule has 3 aromatic rings. The fraction of sp³-hybridized carbons (Fsp3) is 0.143. The van der Waals surface area contributed by atoms with E-state index in [1.54, 1.807) is 48.5 Å². The van der Waals surface area contributed by atoms with Gasteiger partial charge in [0.15, 0.2) is 0 Å². The summed E-state index contributed by atoms with van der Waals surface area (Å²) in [5.41, 5.74) is 1.88. The van der Waals surface area contributed by atoms with Crippen LogP contribution in [0.3, 0.4) is 0 Å². The lowest BCUT2D eigenvalue weighted by Gasteiger charge is -2.12. The van der Waals surface area contributed by atoms with E-state index in [0.29, 0.717) is 21.8 Å². The van der Waals surface area contributed by atoms with Crippen molar-refractivity contribution in [2.24, 2.45) is 0 Å². The number of benzene rings is 2. The van der Waals surface area contributed by atoms with E-state index < -0.39 is 0 Å². The van der Waals surface area contributed by atoms with Crippen LogP contribution in [0.5, 0.6) is 0 Å². The molecule has 7 heteroatoms. The molecule has 0 fully saturated rings. The van der Waals surface area contributed by atoms with Crippen LogP contribution in [-0.2, 0) is 4.79 Å². The van der Waals surface area contributed by atoms with E-state index in [4.69, 9.17) is 0 Å². The number of carbonyl (C=O) groups is 2. The fourth-order valence-corrected chi connectivity index (χ4v) is 3.99. The lowest BCUT2D eigenvalue weighted by molar-refractivity contribution is -0.113. The maximum absolute atomic E-state index is 13.8. The second-order valence-corrected chi connectivity index (χ2v) is 8.31. The van der Waals surface area contributed by atoms with Crippen LogP contribution in [-0.4, -0.2) is 17.6 Å². The summed E-state index contributed by atoms with van der Waals surface area (Å²) in [6.07, 6.45) is 0. The Labute approximate surface area is 171 Å². The average Bonchev–Trinajstić information content (AvgIpc) is 3.23. The predicted molar refractivity (Wildman–Crippen MR) is 115 cm³/mol. The Bertz CT molecular complexity index is 943. The summed E-state index contributed by atoms with van der Waals surface area (Å²) in [6, 6.07) is 17.1. The molecule has 0 aliphatic heterocycles. The van der Waals surface area contributed by atoms with Crippen LogP contribution in [0.15, 0.2) is 66.0 Å². The van der Waals surface area contributed by atoms with Crippen LogP contribution in [0.4, 0.5) is 15.8 Å². The van der Waals surface area contributed by atoms with Gasteiger partial charge in [0.2, 0.25) is 5.91 Å². The van der Waals surface area contributed by atoms with Crippen LogP contribution in [0.1, 0.15) is 27.4 Å². The Kier molecular flexibility index (Phi) is 6.84. The van der Waals surface area contributed by atoms with E-state index in [1.165, 1.54) is 29.2 Å². The average molecular weight is 415 g/mol. The number of nitrogens with one attached hydrogen (secondary N) is 2. The third-order valence-corrected chi connectivity index (χ3v) is 6.03. The molecule has 0 aliphatic rings. The van der Waals surface area contributed by atoms with E-state index in [2.05, 4.69) is 10.6 Å². The third-order valence-electron chi connectivity index (χ3n) is 3.98. The predicted octanol–water partition coefficient (Wildman–Crippen LogP) is 5.57. The number of halogens is 1. The minimum absolute atomic E-state index is 0.123. The number of carbonyl (C=O) groups excluding carboxylic acids is 2. The van der Waals surface area contributed by atoms with Crippen molar-refractivity contribution in [2.45, 2.75) is 12.2 Å². The lowest BCUT2D eigenvalue weighted by Crippen LogP contribution is -2.15. The van der Waals surface area contributed by atoms with E-state index >= 15 is 0 Å². The van der Waals surface area contributed by atoms with E-state index in [1.807, 2.05) is 18.4 Å². The van der Waals surface area contributed by atoms with Gasteiger partial charge in [-0.15, -0.1) is 23.1 Å². The van der Waals surface area contributed by atoms with Crippen molar-refractivity contribution >= 4 is 46.3 Å². The van der Waals surface area contributed by atoms with Crippen LogP contribution < -0.4 is 10.6 Å². The highest BCUT2D eigenvalue weighted by atomic mass is 32.2. The van der Waals surface area contributed by atoms with Crippen molar-refractivity contribution in [1.82, 2.24) is 0 Å². The fourth-order valence-electron chi connectivity index (χ4n) is 2.53. The third kappa shape index (κ3) is 5.43. The molecule has 0 bridgehead atoms. The number of hydrogen-bond donors (Lipinski definition) is 2. The maximum Gasteiger partial charge on any atom is 0.265 e. The summed E-state index contributed by atoms with van der Waals surface area (Å²) in [5.74, 6) is -0.371. The first-order chi connectivity index (χ1) is 13.5. The van der Waals surface area contributed by atoms with Gasteiger partial charge in [0, 0.05) is 22.2 Å².